The van der Waals surface area contributed by atoms with Gasteiger partial charge in [0.25, 0.3) is 0 Å². The zero-order valence-corrected chi connectivity index (χ0v) is 20.7. The molecule has 1 fully saturated rings. The molecule has 0 radical (unpaired) electrons. The number of amides is 2. The number of thioether (sulfide) groups is 1. The first-order valence-corrected chi connectivity index (χ1v) is 12.7. The molecule has 0 unspecified atom stereocenters. The largest absolute Gasteiger partial charge is 0.454 e. The molecule has 184 valence electrons. The Labute approximate surface area is 208 Å². The smallest absolute Gasteiger partial charge is 0.242 e. The van der Waals surface area contributed by atoms with Gasteiger partial charge in [-0.3, -0.25) is 9.59 Å². The molecular weight excluding hydrogens is 466 g/mol. The zero-order valence-electron chi connectivity index (χ0n) is 19.9. The Bertz CT molecular complexity index is 1230. The maximum Gasteiger partial charge on any atom is 0.242 e. The molecule has 3 aromatic rings. The number of carbonyl (C=O) groups is 2. The molecule has 2 aromatic carbocycles. The van der Waals surface area contributed by atoms with E-state index in [1.54, 1.807) is 0 Å². The highest BCUT2D eigenvalue weighted by molar-refractivity contribution is 8.00. The van der Waals surface area contributed by atoms with Gasteiger partial charge in [0.2, 0.25) is 18.6 Å². The van der Waals surface area contributed by atoms with Gasteiger partial charge in [-0.1, -0.05) is 24.3 Å². The van der Waals surface area contributed by atoms with Crippen LogP contribution in [0.4, 0.5) is 0 Å². The quantitative estimate of drug-likeness (QED) is 0.506. The fraction of sp³-hybridized carbons (Fsp3) is 0.385. The van der Waals surface area contributed by atoms with Gasteiger partial charge in [0, 0.05) is 41.6 Å². The number of benzene rings is 2. The van der Waals surface area contributed by atoms with Gasteiger partial charge in [-0.2, -0.15) is 0 Å². The van der Waals surface area contributed by atoms with Crippen molar-refractivity contribution in [1.82, 2.24) is 14.8 Å². The van der Waals surface area contributed by atoms with Crippen LogP contribution in [0.15, 0.2) is 53.6 Å². The van der Waals surface area contributed by atoms with E-state index in [2.05, 4.69) is 5.32 Å². The van der Waals surface area contributed by atoms with Crippen LogP contribution in [-0.4, -0.2) is 59.1 Å². The van der Waals surface area contributed by atoms with E-state index in [1.165, 1.54) is 11.8 Å². The Morgan fingerprint density at radius 3 is 2.66 bits per heavy atom. The van der Waals surface area contributed by atoms with Crippen molar-refractivity contribution in [3.63, 3.8) is 0 Å². The third kappa shape index (κ3) is 5.41. The molecule has 0 aliphatic carbocycles. The number of nitrogens with zero attached hydrogens (tertiary/aromatic N) is 2. The van der Waals surface area contributed by atoms with Gasteiger partial charge in [-0.15, -0.1) is 11.8 Å². The number of rotatable bonds is 7. The van der Waals surface area contributed by atoms with Crippen LogP contribution in [0.3, 0.4) is 0 Å². The minimum Gasteiger partial charge on any atom is -0.454 e. The summed E-state index contributed by atoms with van der Waals surface area (Å²) in [7, 11) is 0. The van der Waals surface area contributed by atoms with Crippen LogP contribution in [-0.2, 0) is 27.4 Å². The Hall–Kier alpha value is -3.17. The van der Waals surface area contributed by atoms with Gasteiger partial charge in [0.05, 0.1) is 18.0 Å². The second-order valence-electron chi connectivity index (χ2n) is 8.95. The summed E-state index contributed by atoms with van der Waals surface area (Å²) in [6, 6.07) is 13.6. The second kappa shape index (κ2) is 10.2. The van der Waals surface area contributed by atoms with Crippen LogP contribution in [0.1, 0.15) is 19.4 Å². The van der Waals surface area contributed by atoms with E-state index in [0.717, 1.165) is 27.1 Å². The molecule has 9 heteroatoms. The summed E-state index contributed by atoms with van der Waals surface area (Å²) in [4.78, 5) is 28.4. The van der Waals surface area contributed by atoms with Crippen LogP contribution in [0.25, 0.3) is 10.9 Å². The van der Waals surface area contributed by atoms with Crippen molar-refractivity contribution in [1.29, 1.82) is 0 Å². The second-order valence-corrected chi connectivity index (χ2v) is 9.96. The molecule has 3 heterocycles. The van der Waals surface area contributed by atoms with Crippen LogP contribution < -0.4 is 14.8 Å². The maximum absolute atomic E-state index is 13.0. The highest BCUT2D eigenvalue weighted by Crippen LogP contribution is 2.33. The Morgan fingerprint density at radius 2 is 1.83 bits per heavy atom. The van der Waals surface area contributed by atoms with Crippen molar-refractivity contribution in [2.24, 2.45) is 0 Å². The lowest BCUT2D eigenvalue weighted by atomic mass is 10.2. The van der Waals surface area contributed by atoms with E-state index in [9.17, 15) is 9.59 Å². The van der Waals surface area contributed by atoms with E-state index in [4.69, 9.17) is 14.2 Å². The van der Waals surface area contributed by atoms with Crippen LogP contribution in [0.5, 0.6) is 11.5 Å². The van der Waals surface area contributed by atoms with Gasteiger partial charge in [0.1, 0.15) is 6.54 Å². The van der Waals surface area contributed by atoms with Crippen LogP contribution in [0, 0.1) is 0 Å². The molecule has 0 spiro atoms. The van der Waals surface area contributed by atoms with Crippen molar-refractivity contribution in [3.8, 4) is 11.5 Å². The summed E-state index contributed by atoms with van der Waals surface area (Å²) < 4.78 is 18.5. The lowest BCUT2D eigenvalue weighted by molar-refractivity contribution is -0.143. The zero-order chi connectivity index (χ0) is 24.4. The summed E-state index contributed by atoms with van der Waals surface area (Å²) in [6.45, 7) is 6.10. The number of hydrogen-bond acceptors (Lipinski definition) is 6. The minimum absolute atomic E-state index is 0.0337. The van der Waals surface area contributed by atoms with E-state index >= 15 is 0 Å². The summed E-state index contributed by atoms with van der Waals surface area (Å²) in [5, 5.41) is 4.00. The van der Waals surface area contributed by atoms with Crippen molar-refractivity contribution in [2.45, 2.75) is 44.0 Å². The highest BCUT2D eigenvalue weighted by Gasteiger charge is 2.26. The molecular formula is C26H29N3O5S. The standard InChI is InChI=1S/C26H29N3O5S/c1-17-11-29(12-18(2)34-17)26(31)14-28-13-24(20-5-3-4-6-21(20)28)35-15-25(30)27-10-19-7-8-22-23(9-19)33-16-32-22/h3-9,13,17-18H,10-12,14-16H2,1-2H3,(H,27,30)/t17-,18-/m1/s1. The highest BCUT2D eigenvalue weighted by atomic mass is 32.2. The van der Waals surface area contributed by atoms with Gasteiger partial charge < -0.3 is 29.0 Å². The lowest BCUT2D eigenvalue weighted by Crippen LogP contribution is -2.49. The van der Waals surface area contributed by atoms with E-state index in [1.807, 2.05) is 72.0 Å². The topological polar surface area (TPSA) is 82.0 Å². The monoisotopic (exact) mass is 495 g/mol. The third-order valence-electron chi connectivity index (χ3n) is 6.12. The molecule has 1 saturated heterocycles. The van der Waals surface area contributed by atoms with Gasteiger partial charge >= 0.3 is 0 Å². The predicted octanol–water partition coefficient (Wildman–Crippen LogP) is 3.41. The number of morpholine rings is 1. The fourth-order valence-electron chi connectivity index (χ4n) is 4.53. The summed E-state index contributed by atoms with van der Waals surface area (Å²) >= 11 is 1.48. The molecule has 2 aliphatic heterocycles. The molecule has 1 N–H and O–H groups in total. The molecule has 5 rings (SSSR count). The Morgan fingerprint density at radius 1 is 1.06 bits per heavy atom. The first-order chi connectivity index (χ1) is 17.0. The number of ether oxygens (including phenoxy) is 3. The number of fused-ring (bicyclic) bond motifs is 2. The Balaban J connectivity index is 1.21. The minimum atomic E-state index is -0.0585. The maximum atomic E-state index is 13.0. The summed E-state index contributed by atoms with van der Waals surface area (Å²) in [5.41, 5.74) is 1.94. The lowest BCUT2D eigenvalue weighted by Gasteiger charge is -2.35. The molecule has 1 aromatic heterocycles. The average molecular weight is 496 g/mol. The molecule has 0 saturated carbocycles. The van der Waals surface area contributed by atoms with Crippen molar-refractivity contribution < 1.29 is 23.8 Å². The van der Waals surface area contributed by atoms with Crippen molar-refractivity contribution in [2.75, 3.05) is 25.6 Å². The number of para-hydroxylation sites is 1. The van der Waals surface area contributed by atoms with E-state index in [0.29, 0.717) is 25.4 Å². The normalized spacial score (nSPS) is 19.2. The predicted molar refractivity (Wildman–Crippen MR) is 134 cm³/mol. The molecule has 2 atom stereocenters. The first kappa shape index (κ1) is 23.6. The number of aromatic nitrogens is 1. The number of carbonyl (C=O) groups excluding carboxylic acids is 2. The SMILES string of the molecule is C[C@@H]1CN(C(=O)Cn2cc(SCC(=O)NCc3ccc4c(c3)OCO4)c3ccccc32)C[C@@H](C)O1. The number of hydrogen-bond donors (Lipinski definition) is 1. The molecule has 2 amide bonds. The van der Waals surface area contributed by atoms with Gasteiger partial charge in [-0.25, -0.2) is 0 Å². The first-order valence-electron chi connectivity index (χ1n) is 11.8. The fourth-order valence-corrected chi connectivity index (χ4v) is 5.45. The van der Waals surface area contributed by atoms with Crippen molar-refractivity contribution in [3.05, 3.63) is 54.2 Å². The average Bonchev–Trinajstić information content (AvgIpc) is 3.45. The summed E-state index contributed by atoms with van der Waals surface area (Å²) in [6.07, 6.45) is 2.05. The molecule has 0 bridgehead atoms. The van der Waals surface area contributed by atoms with Crippen LogP contribution >= 0.6 is 11.8 Å². The molecule has 2 aliphatic rings. The van der Waals surface area contributed by atoms with Crippen LogP contribution in [0.2, 0.25) is 0 Å². The van der Waals surface area contributed by atoms with E-state index < -0.39 is 0 Å². The number of nitrogens with one attached hydrogen (secondary N) is 1. The van der Waals surface area contributed by atoms with E-state index in [-0.39, 0.29) is 43.1 Å². The van der Waals surface area contributed by atoms with Crippen molar-refractivity contribution >= 4 is 34.5 Å². The Kier molecular flexibility index (Phi) is 6.88. The van der Waals surface area contributed by atoms with Gasteiger partial charge in [-0.05, 0) is 37.6 Å². The third-order valence-corrected chi connectivity index (χ3v) is 7.16. The molecule has 8 nitrogen and oxygen atoms in total. The van der Waals surface area contributed by atoms with Gasteiger partial charge in [0.15, 0.2) is 11.5 Å². The molecule has 35 heavy (non-hydrogen) atoms. The summed E-state index contributed by atoms with van der Waals surface area (Å²) in [5.74, 6) is 1.73.